The van der Waals surface area contributed by atoms with Crippen molar-refractivity contribution in [2.24, 2.45) is 0 Å². The molecular formula is C29H39F29O12Si6. The number of carbonyl (C=O) groups is 1. The van der Waals surface area contributed by atoms with Gasteiger partial charge in [-0.3, -0.25) is 18.9 Å². The lowest BCUT2D eigenvalue weighted by Gasteiger charge is -2.47. The van der Waals surface area contributed by atoms with Crippen LogP contribution in [0.25, 0.3) is 0 Å². The average Bonchev–Trinajstić information content (AvgIpc) is 3.06. The lowest BCUT2D eigenvalue weighted by Crippen LogP contribution is -2.72. The van der Waals surface area contributed by atoms with Crippen molar-refractivity contribution in [3.05, 3.63) is 0 Å². The van der Waals surface area contributed by atoms with Gasteiger partial charge in [0, 0.05) is 0 Å². The molecule has 4 unspecified atom stereocenters. The maximum Gasteiger partial charge on any atom is 0.462 e. The Morgan fingerprint density at radius 3 is 0.842 bits per heavy atom. The molecule has 1 aliphatic rings. The smallest absolute Gasteiger partial charge is 0.461 e. The highest BCUT2D eigenvalue weighted by atomic mass is 28.5. The SMILES string of the molecule is C[Si]1(C)O[Si](C)(C)O[Si](C)(C)O[Si](C)(CCCOC(=O)C(F)(OC(F)(F)C(F)(OC(F)(F)C(F)(OC(F)(F)C(F)(OC(F)(F)C(F)(F)C(F)(F)F)C(F)(F)F)C(F)(F)F)C(F)(F)F)C(F)(F)F)O[Si](C)(C)O[Si](C)(C)O1. The fourth-order valence-electron chi connectivity index (χ4n) is 6.48. The van der Waals surface area contributed by atoms with E-state index >= 15 is 8.78 Å². The van der Waals surface area contributed by atoms with E-state index in [1.807, 2.05) is 4.74 Å². The number of rotatable bonds is 17. The Morgan fingerprint density at radius 2 is 0.592 bits per heavy atom. The van der Waals surface area contributed by atoms with Gasteiger partial charge in [0.1, 0.15) is 0 Å². The number of esters is 1. The van der Waals surface area contributed by atoms with Gasteiger partial charge in [-0.15, -0.1) is 0 Å². The Hall–Kier alpha value is -1.66. The van der Waals surface area contributed by atoms with Crippen molar-refractivity contribution < 1.29 is 180 Å². The lowest BCUT2D eigenvalue weighted by atomic mass is 10.2. The number of hydrogen-bond acceptors (Lipinski definition) is 12. The second kappa shape index (κ2) is 21.0. The van der Waals surface area contributed by atoms with E-state index < -0.39 is 161 Å². The summed E-state index contributed by atoms with van der Waals surface area (Å²) >= 11 is 0. The zero-order valence-corrected chi connectivity index (χ0v) is 45.5. The maximum absolute atomic E-state index is 15.4. The highest BCUT2D eigenvalue weighted by Crippen LogP contribution is 2.61. The molecule has 4 atom stereocenters. The first kappa shape index (κ1) is 72.4. The van der Waals surface area contributed by atoms with E-state index in [1.54, 1.807) is 39.3 Å². The summed E-state index contributed by atoms with van der Waals surface area (Å²) in [5.74, 6) is -47.4. The van der Waals surface area contributed by atoms with Crippen LogP contribution in [0.15, 0.2) is 0 Å². The van der Waals surface area contributed by atoms with E-state index in [4.69, 9.17) is 24.7 Å². The Kier molecular flexibility index (Phi) is 19.9. The molecule has 454 valence electrons. The summed E-state index contributed by atoms with van der Waals surface area (Å²) in [6, 6.07) is -0.676. The Labute approximate surface area is 413 Å². The summed E-state index contributed by atoms with van der Waals surface area (Å²) in [7, 11) is -20.8. The molecule has 1 heterocycles. The molecule has 0 radical (unpaired) electrons. The Balaban J connectivity index is 3.85. The van der Waals surface area contributed by atoms with Crippen molar-refractivity contribution in [3.8, 4) is 0 Å². The first-order valence-electron chi connectivity index (χ1n) is 19.6. The molecule has 0 aromatic carbocycles. The van der Waals surface area contributed by atoms with Gasteiger partial charge < -0.3 is 29.4 Å². The molecule has 0 N–H and O–H groups in total. The number of hydrogen-bond donors (Lipinski definition) is 0. The highest BCUT2D eigenvalue weighted by Gasteiger charge is 2.90. The fraction of sp³-hybridized carbons (Fsp3) is 0.966. The van der Waals surface area contributed by atoms with Gasteiger partial charge in [-0.2, -0.15) is 127 Å². The quantitative estimate of drug-likeness (QED) is 0.0597. The van der Waals surface area contributed by atoms with Gasteiger partial charge in [-0.1, -0.05) is 0 Å². The number of carbonyl (C=O) groups excluding carboxylic acids is 1. The van der Waals surface area contributed by atoms with Crippen LogP contribution in [0.2, 0.25) is 78.1 Å². The molecule has 1 saturated heterocycles. The molecule has 0 aliphatic carbocycles. The molecule has 47 heteroatoms. The molecule has 0 saturated carbocycles. The molecule has 1 aliphatic heterocycles. The van der Waals surface area contributed by atoms with Crippen LogP contribution in [0.3, 0.4) is 0 Å². The van der Waals surface area contributed by atoms with Gasteiger partial charge >= 0.3 is 142 Å². The van der Waals surface area contributed by atoms with Gasteiger partial charge in [0.25, 0.3) is 0 Å². The van der Waals surface area contributed by atoms with Gasteiger partial charge in [-0.05, 0) is 84.5 Å². The van der Waals surface area contributed by atoms with E-state index in [9.17, 15) is 123 Å². The zero-order valence-electron chi connectivity index (χ0n) is 39.5. The first-order chi connectivity index (χ1) is 32.4. The molecule has 0 aromatic heterocycles. The van der Waals surface area contributed by atoms with E-state index in [2.05, 4.69) is 4.74 Å². The minimum atomic E-state index is -9.31. The lowest BCUT2D eigenvalue weighted by molar-refractivity contribution is -0.592. The number of alkyl halides is 29. The van der Waals surface area contributed by atoms with Crippen LogP contribution >= 0.6 is 0 Å². The molecule has 0 aromatic rings. The van der Waals surface area contributed by atoms with Gasteiger partial charge in [0.2, 0.25) is 0 Å². The molecule has 0 bridgehead atoms. The molecule has 1 rings (SSSR count). The summed E-state index contributed by atoms with van der Waals surface area (Å²) in [4.78, 5) is 12.4. The molecule has 1 fully saturated rings. The van der Waals surface area contributed by atoms with Crippen LogP contribution in [0.4, 0.5) is 127 Å². The monoisotopic (exact) mass is 1300 g/mol. The van der Waals surface area contributed by atoms with E-state index in [0.717, 1.165) is 9.47 Å². The fourth-order valence-corrected chi connectivity index (χ4v) is 38.6. The third kappa shape index (κ3) is 15.7. The summed E-state index contributed by atoms with van der Waals surface area (Å²) in [5, 5.41) is 0. The van der Waals surface area contributed by atoms with Crippen LogP contribution in [0.5, 0.6) is 0 Å². The van der Waals surface area contributed by atoms with Crippen molar-refractivity contribution in [1.29, 1.82) is 0 Å². The van der Waals surface area contributed by atoms with E-state index in [1.165, 1.54) is 37.5 Å². The predicted octanol–water partition coefficient (Wildman–Crippen LogP) is 13.2. The second-order valence-electron chi connectivity index (χ2n) is 17.9. The molecule has 0 spiro atoms. The summed E-state index contributed by atoms with van der Waals surface area (Å²) in [6.07, 6.45) is -79.1. The van der Waals surface area contributed by atoms with Gasteiger partial charge in [0.15, 0.2) is 0 Å². The van der Waals surface area contributed by atoms with Crippen LogP contribution < -0.4 is 0 Å². The number of ether oxygens (including phenoxy) is 5. The van der Waals surface area contributed by atoms with Crippen LogP contribution in [0, 0.1) is 0 Å². The second-order valence-corrected chi connectivity index (χ2v) is 39.6. The Morgan fingerprint density at radius 1 is 0.342 bits per heavy atom. The highest BCUT2D eigenvalue weighted by molar-refractivity contribution is 6.93. The van der Waals surface area contributed by atoms with Crippen molar-refractivity contribution >= 4 is 57.3 Å². The van der Waals surface area contributed by atoms with Crippen LogP contribution in [0.1, 0.15) is 6.42 Å². The summed E-state index contributed by atoms with van der Waals surface area (Å²) in [6.45, 7) is 14.6. The van der Waals surface area contributed by atoms with Crippen LogP contribution in [-0.4, -0.2) is 149 Å². The van der Waals surface area contributed by atoms with Crippen molar-refractivity contribution in [1.82, 2.24) is 0 Å². The first-order valence-corrected chi connectivity index (χ1v) is 36.2. The van der Waals surface area contributed by atoms with Crippen molar-refractivity contribution in [2.45, 2.75) is 169 Å². The predicted molar refractivity (Wildman–Crippen MR) is 201 cm³/mol. The Bertz CT molecular complexity index is 2000. The van der Waals surface area contributed by atoms with E-state index in [0.29, 0.717) is 0 Å². The average molecular weight is 1300 g/mol. The van der Waals surface area contributed by atoms with Crippen molar-refractivity contribution in [2.75, 3.05) is 6.61 Å². The van der Waals surface area contributed by atoms with Gasteiger partial charge in [-0.25, -0.2) is 4.79 Å². The molecule has 12 nitrogen and oxygen atoms in total. The summed E-state index contributed by atoms with van der Waals surface area (Å²) in [5.41, 5.74) is 0. The van der Waals surface area contributed by atoms with Crippen LogP contribution in [-0.2, 0) is 53.2 Å². The summed E-state index contributed by atoms with van der Waals surface area (Å²) < 4.78 is 448. The normalized spacial score (nSPS) is 23.9. The molecular weight excluding hydrogens is 1260 g/mol. The van der Waals surface area contributed by atoms with Gasteiger partial charge in [0.05, 0.1) is 6.61 Å². The van der Waals surface area contributed by atoms with Crippen molar-refractivity contribution in [3.63, 3.8) is 0 Å². The minimum absolute atomic E-state index is 0.676. The number of halogens is 29. The topological polar surface area (TPSA) is 119 Å². The standard InChI is InChI=1S/C29H39F29O12Si6/c1-71(2)65-72(3,4)67-74(7,8)69-76(11,70-75(9,10)68-73(5,6)66-71)14-12-13-60-15(59)16(30,21(36,37)38)61-27(53,54)18(33,23(42,43)44)63-29(57,58)20(35,25(48,49)50)64-28(55,56)19(34,24(45,46)47)62-26(51,52)17(31,32)22(39,40)41/h12-14H2,1-11H3. The molecule has 76 heavy (non-hydrogen) atoms. The minimum Gasteiger partial charge on any atom is -0.461 e. The third-order valence-corrected chi connectivity index (χ3v) is 32.9. The largest absolute Gasteiger partial charge is 0.462 e. The maximum atomic E-state index is 15.4. The van der Waals surface area contributed by atoms with E-state index in [-0.39, 0.29) is 0 Å². The third-order valence-electron chi connectivity index (χ3n) is 8.54. The zero-order chi connectivity index (χ0) is 61.5. The molecule has 0 amide bonds.